The van der Waals surface area contributed by atoms with E-state index in [9.17, 15) is 15.0 Å². The average molecular weight is 834 g/mol. The van der Waals surface area contributed by atoms with Crippen molar-refractivity contribution in [3.63, 3.8) is 0 Å². The maximum absolute atomic E-state index is 13.2. The monoisotopic (exact) mass is 834 g/mol. The van der Waals surface area contributed by atoms with Crippen LogP contribution in [-0.4, -0.2) is 77.3 Å². The number of nitrogens with one attached hydrogen (secondary N) is 1. The summed E-state index contributed by atoms with van der Waals surface area (Å²) in [6, 6.07) is 9.88. The minimum Gasteiger partial charge on any atom is -0.460 e. The molecular formula is C48H71N3O7S. The first kappa shape index (κ1) is 46.7. The number of aromatic nitrogens is 1. The van der Waals surface area contributed by atoms with Gasteiger partial charge in [0.15, 0.2) is 0 Å². The molecule has 1 aliphatic heterocycles. The number of aliphatic hydroxyl groups excluding tert-OH is 2. The summed E-state index contributed by atoms with van der Waals surface area (Å²) in [5.74, 6) is 0.996. The molecule has 1 amide bonds. The fourth-order valence-corrected chi connectivity index (χ4v) is 10.9. The molecule has 1 aromatic carbocycles. The second-order valence-electron chi connectivity index (χ2n) is 16.4. The van der Waals surface area contributed by atoms with Crippen LogP contribution in [0.3, 0.4) is 0 Å². The van der Waals surface area contributed by atoms with Gasteiger partial charge < -0.3 is 34.6 Å². The SMILES string of the molecule is C=CCOC12Oc3ccc(OC(=O)NCCCCCCCCCCCC)cc3C3C(CCCCO)C(CCCCO)C=C(C(=NOC)CC1SCCc1ccncc1)C32. The van der Waals surface area contributed by atoms with Gasteiger partial charge in [-0.1, -0.05) is 94.9 Å². The number of benzene rings is 1. The largest absolute Gasteiger partial charge is 0.460 e. The number of unbranched alkanes of at least 4 members (excludes halogenated alkanes) is 11. The predicted octanol–water partition coefficient (Wildman–Crippen LogP) is 10.3. The van der Waals surface area contributed by atoms with Crippen molar-refractivity contribution in [1.82, 2.24) is 10.3 Å². The number of oxime groups is 1. The summed E-state index contributed by atoms with van der Waals surface area (Å²) in [6.45, 7) is 7.45. The number of allylic oxidation sites excluding steroid dienone is 1. The lowest BCUT2D eigenvalue weighted by Gasteiger charge is -2.58. The van der Waals surface area contributed by atoms with Gasteiger partial charge in [-0.3, -0.25) is 4.98 Å². The number of thioether (sulfide) groups is 1. The molecule has 1 saturated carbocycles. The molecule has 6 atom stereocenters. The van der Waals surface area contributed by atoms with E-state index in [0.29, 0.717) is 31.7 Å². The van der Waals surface area contributed by atoms with Gasteiger partial charge in [-0.15, -0.1) is 6.58 Å². The first-order chi connectivity index (χ1) is 29.0. The van der Waals surface area contributed by atoms with Gasteiger partial charge in [-0.05, 0) is 97.6 Å². The second-order valence-corrected chi connectivity index (χ2v) is 17.7. The van der Waals surface area contributed by atoms with Gasteiger partial charge in [-0.2, -0.15) is 11.8 Å². The topological polar surface area (TPSA) is 132 Å². The normalized spacial score (nSPS) is 23.8. The van der Waals surface area contributed by atoms with Crippen LogP contribution < -0.4 is 14.8 Å². The Morgan fingerprint density at radius 2 is 1.69 bits per heavy atom. The van der Waals surface area contributed by atoms with E-state index in [1.54, 1.807) is 13.2 Å². The molecule has 10 nitrogen and oxygen atoms in total. The van der Waals surface area contributed by atoms with Crippen LogP contribution in [0.25, 0.3) is 0 Å². The average Bonchev–Trinajstić information content (AvgIpc) is 3.24. The molecule has 0 saturated heterocycles. The lowest BCUT2D eigenvalue weighted by atomic mass is 9.56. The quantitative estimate of drug-likeness (QED) is 0.0436. The molecule has 1 aromatic heterocycles. The maximum Gasteiger partial charge on any atom is 0.412 e. The summed E-state index contributed by atoms with van der Waals surface area (Å²) < 4.78 is 20.2. The number of amides is 1. The third kappa shape index (κ3) is 13.1. The number of aryl methyl sites for hydroxylation is 1. The Morgan fingerprint density at radius 1 is 0.983 bits per heavy atom. The molecule has 59 heavy (non-hydrogen) atoms. The van der Waals surface area contributed by atoms with Crippen LogP contribution in [0, 0.1) is 17.8 Å². The maximum atomic E-state index is 13.2. The number of ether oxygens (including phenoxy) is 3. The molecule has 326 valence electrons. The fourth-order valence-electron chi connectivity index (χ4n) is 9.46. The molecule has 3 aliphatic rings. The van der Waals surface area contributed by atoms with Crippen molar-refractivity contribution in [2.24, 2.45) is 22.9 Å². The van der Waals surface area contributed by atoms with Crippen molar-refractivity contribution in [3.05, 3.63) is 78.2 Å². The van der Waals surface area contributed by atoms with Crippen molar-refractivity contribution in [1.29, 1.82) is 0 Å². The molecule has 11 heteroatoms. The van der Waals surface area contributed by atoms with Gasteiger partial charge in [-0.25, -0.2) is 4.79 Å². The van der Waals surface area contributed by atoms with E-state index >= 15 is 0 Å². The number of rotatable bonds is 28. The Morgan fingerprint density at radius 3 is 2.39 bits per heavy atom. The standard InChI is InChI=1S/C48H71N3O7S/c1-4-6-7-8-9-10-11-12-13-16-26-50-47(54)57-38-21-22-43-41(34-38)45-39(20-15-18-30-53)37(19-14-17-29-52)33-40-42(51-55-3)35-44(48(58-43,46(40)45)56-31-5-2)59-32-25-36-23-27-49-28-24-36/h5,21-24,27-28,33-34,37,39,44-46,52-53H,2,4,6-20,25-26,29-32,35H2,1,3H3,(H,50,54). The highest BCUT2D eigenvalue weighted by Crippen LogP contribution is 2.62. The lowest BCUT2D eigenvalue weighted by molar-refractivity contribution is -0.223. The van der Waals surface area contributed by atoms with Crippen LogP contribution in [0.4, 0.5) is 4.79 Å². The summed E-state index contributed by atoms with van der Waals surface area (Å²) in [7, 11) is 1.60. The zero-order chi connectivity index (χ0) is 41.7. The predicted molar refractivity (Wildman–Crippen MR) is 238 cm³/mol. The van der Waals surface area contributed by atoms with Crippen LogP contribution in [0.1, 0.15) is 133 Å². The Bertz CT molecular complexity index is 1620. The van der Waals surface area contributed by atoms with Crippen molar-refractivity contribution in [2.45, 2.75) is 139 Å². The van der Waals surface area contributed by atoms with Gasteiger partial charge in [0.05, 0.1) is 23.5 Å². The molecule has 0 spiro atoms. The third-order valence-corrected chi connectivity index (χ3v) is 13.6. The molecule has 5 rings (SSSR count). The van der Waals surface area contributed by atoms with Gasteiger partial charge in [0.2, 0.25) is 5.79 Å². The van der Waals surface area contributed by atoms with E-state index < -0.39 is 11.9 Å². The van der Waals surface area contributed by atoms with Crippen molar-refractivity contribution < 1.29 is 34.1 Å². The Kier molecular flexibility index (Phi) is 20.1. The van der Waals surface area contributed by atoms with E-state index in [1.807, 2.05) is 42.4 Å². The molecule has 2 aliphatic carbocycles. The fraction of sp³-hybridized carbons (Fsp3) is 0.646. The number of hydrogen-bond acceptors (Lipinski definition) is 10. The molecule has 2 aromatic rings. The van der Waals surface area contributed by atoms with E-state index in [4.69, 9.17) is 19.0 Å². The number of hydrogen-bond donors (Lipinski definition) is 3. The van der Waals surface area contributed by atoms with Crippen LogP contribution in [0.2, 0.25) is 0 Å². The zero-order valence-corrected chi connectivity index (χ0v) is 36.6. The summed E-state index contributed by atoms with van der Waals surface area (Å²) in [5.41, 5.74) is 4.17. The third-order valence-electron chi connectivity index (χ3n) is 12.3. The molecule has 0 radical (unpaired) electrons. The first-order valence-corrected chi connectivity index (χ1v) is 23.6. The number of carbonyl (C=O) groups excluding carboxylic acids is 1. The van der Waals surface area contributed by atoms with E-state index in [-0.39, 0.29) is 42.1 Å². The van der Waals surface area contributed by atoms with E-state index in [1.165, 1.54) is 56.9 Å². The Balaban J connectivity index is 1.43. The molecule has 0 bridgehead atoms. The van der Waals surface area contributed by atoms with E-state index in [2.05, 4.69) is 47.2 Å². The smallest absolute Gasteiger partial charge is 0.412 e. The number of nitrogens with zero attached hydrogens (tertiary/aromatic N) is 2. The highest BCUT2D eigenvalue weighted by Gasteiger charge is 2.64. The van der Waals surface area contributed by atoms with E-state index in [0.717, 1.165) is 79.7 Å². The lowest BCUT2D eigenvalue weighted by Crippen LogP contribution is -2.64. The highest BCUT2D eigenvalue weighted by atomic mass is 32.2. The number of pyridine rings is 1. The van der Waals surface area contributed by atoms with Gasteiger partial charge >= 0.3 is 6.09 Å². The Labute approximate surface area is 358 Å². The summed E-state index contributed by atoms with van der Waals surface area (Å²) in [4.78, 5) is 22.9. The van der Waals surface area contributed by atoms with Gasteiger partial charge in [0, 0.05) is 50.1 Å². The molecule has 3 N–H and O–H groups in total. The van der Waals surface area contributed by atoms with Crippen molar-refractivity contribution in [3.8, 4) is 11.5 Å². The number of carbonyl (C=O) groups is 1. The minimum atomic E-state index is -1.05. The van der Waals surface area contributed by atoms with Crippen LogP contribution >= 0.6 is 11.8 Å². The summed E-state index contributed by atoms with van der Waals surface area (Å²) in [6.07, 6.45) is 26.2. The molecule has 2 heterocycles. The summed E-state index contributed by atoms with van der Waals surface area (Å²) in [5, 5.41) is 27.2. The Hall–Kier alpha value is -3.38. The van der Waals surface area contributed by atoms with Crippen molar-refractivity contribution in [2.75, 3.05) is 39.2 Å². The number of aliphatic hydroxyl groups is 2. The highest BCUT2D eigenvalue weighted by molar-refractivity contribution is 8.00. The number of fused-ring (bicyclic) bond motifs is 2. The van der Waals surface area contributed by atoms with Crippen LogP contribution in [-0.2, 0) is 16.0 Å². The van der Waals surface area contributed by atoms with Crippen molar-refractivity contribution >= 4 is 23.6 Å². The van der Waals surface area contributed by atoms with Gasteiger partial charge in [0.1, 0.15) is 18.6 Å². The summed E-state index contributed by atoms with van der Waals surface area (Å²) >= 11 is 1.83. The van der Waals surface area contributed by atoms with Crippen LogP contribution in [0.15, 0.2) is 72.2 Å². The van der Waals surface area contributed by atoms with Gasteiger partial charge in [0.25, 0.3) is 0 Å². The zero-order valence-electron chi connectivity index (χ0n) is 35.8. The minimum absolute atomic E-state index is 0.0784. The molecule has 6 unspecified atom stereocenters. The first-order valence-electron chi connectivity index (χ1n) is 22.6. The molecular weight excluding hydrogens is 763 g/mol. The van der Waals surface area contributed by atoms with Crippen LogP contribution in [0.5, 0.6) is 11.5 Å². The molecule has 1 fully saturated rings. The second kappa shape index (κ2) is 25.4.